The highest BCUT2D eigenvalue weighted by atomic mass is 16.5. The molecule has 1 aliphatic heterocycles. The highest BCUT2D eigenvalue weighted by Gasteiger charge is 2.20. The van der Waals surface area contributed by atoms with Gasteiger partial charge in [-0.2, -0.15) is 0 Å². The van der Waals surface area contributed by atoms with E-state index < -0.39 is 0 Å². The van der Waals surface area contributed by atoms with Crippen molar-refractivity contribution >= 4 is 0 Å². The molecule has 1 aliphatic rings. The van der Waals surface area contributed by atoms with Crippen molar-refractivity contribution in [2.45, 2.75) is 38.9 Å². The first kappa shape index (κ1) is 17.8. The molecule has 1 aromatic carbocycles. The van der Waals surface area contributed by atoms with Crippen molar-refractivity contribution in [3.8, 4) is 5.75 Å². The largest absolute Gasteiger partial charge is 0.496 e. The Labute approximate surface area is 150 Å². The van der Waals surface area contributed by atoms with E-state index in [9.17, 15) is 0 Å². The molecule has 1 unspecified atom stereocenters. The van der Waals surface area contributed by atoms with Crippen LogP contribution in [-0.4, -0.2) is 48.2 Å². The van der Waals surface area contributed by atoms with Gasteiger partial charge in [0.15, 0.2) is 0 Å². The summed E-state index contributed by atoms with van der Waals surface area (Å²) in [6.07, 6.45) is 4.88. The van der Waals surface area contributed by atoms with E-state index in [0.717, 1.165) is 55.2 Å². The number of likely N-dealkylation sites (tertiary alicyclic amines) is 1. The van der Waals surface area contributed by atoms with Crippen LogP contribution in [0.4, 0.5) is 0 Å². The summed E-state index contributed by atoms with van der Waals surface area (Å²) in [7, 11) is 3.84. The molecule has 0 bridgehead atoms. The predicted octanol–water partition coefficient (Wildman–Crippen LogP) is 2.86. The first-order chi connectivity index (χ1) is 12.2. The summed E-state index contributed by atoms with van der Waals surface area (Å²) in [6.45, 7) is 4.79. The van der Waals surface area contributed by atoms with Gasteiger partial charge in [-0.1, -0.05) is 13.0 Å². The third-order valence-corrected chi connectivity index (χ3v) is 4.66. The Morgan fingerprint density at radius 1 is 1.28 bits per heavy atom. The molecule has 2 aromatic rings. The highest BCUT2D eigenvalue weighted by molar-refractivity contribution is 5.38. The number of aryl methyl sites for hydroxylation is 1. The molecule has 1 fully saturated rings. The molecule has 134 valence electrons. The van der Waals surface area contributed by atoms with Crippen LogP contribution in [0, 0.1) is 0 Å². The lowest BCUT2D eigenvalue weighted by molar-refractivity contribution is 0.0472. The van der Waals surface area contributed by atoms with Gasteiger partial charge in [0.2, 0.25) is 0 Å². The summed E-state index contributed by atoms with van der Waals surface area (Å²) in [5.74, 6) is 1.73. The van der Waals surface area contributed by atoms with Crippen LogP contribution >= 0.6 is 0 Å². The van der Waals surface area contributed by atoms with E-state index in [-0.39, 0.29) is 0 Å². The Balaban J connectivity index is 1.70. The summed E-state index contributed by atoms with van der Waals surface area (Å²) in [6, 6.07) is 8.21. The smallest absolute Gasteiger partial charge is 0.132 e. The Kier molecular flexibility index (Phi) is 6.00. The minimum Gasteiger partial charge on any atom is -0.496 e. The van der Waals surface area contributed by atoms with Crippen molar-refractivity contribution in [3.05, 3.63) is 53.1 Å². The fourth-order valence-electron chi connectivity index (χ4n) is 3.20. The van der Waals surface area contributed by atoms with Crippen LogP contribution in [0.1, 0.15) is 36.0 Å². The molecule has 0 N–H and O–H groups in total. The van der Waals surface area contributed by atoms with Gasteiger partial charge >= 0.3 is 0 Å². The number of ether oxygens (including phenoxy) is 2. The maximum Gasteiger partial charge on any atom is 0.132 e. The number of hydrogen-bond acceptors (Lipinski definition) is 5. The molecule has 25 heavy (non-hydrogen) atoms. The minimum absolute atomic E-state index is 0.308. The number of likely N-dealkylation sites (N-methyl/N-ethyl adjacent to an activating group) is 1. The SMILES string of the molecule is CCc1ccnc(Cc2ccc(OC)c(COC3CCN(C)C3)c2)n1. The molecule has 3 rings (SSSR count). The molecule has 1 atom stereocenters. The fraction of sp³-hybridized carbons (Fsp3) is 0.500. The second-order valence-corrected chi connectivity index (χ2v) is 6.62. The Morgan fingerprint density at radius 2 is 2.16 bits per heavy atom. The Bertz CT molecular complexity index is 705. The Hall–Kier alpha value is -1.98. The zero-order valence-corrected chi connectivity index (χ0v) is 15.4. The van der Waals surface area contributed by atoms with Crippen molar-refractivity contribution in [1.82, 2.24) is 14.9 Å². The van der Waals surface area contributed by atoms with Gasteiger partial charge in [-0.3, -0.25) is 0 Å². The highest BCUT2D eigenvalue weighted by Crippen LogP contribution is 2.23. The zero-order valence-electron chi connectivity index (χ0n) is 15.4. The van der Waals surface area contributed by atoms with Crippen LogP contribution in [0.25, 0.3) is 0 Å². The molecule has 0 spiro atoms. The van der Waals surface area contributed by atoms with E-state index in [1.807, 2.05) is 18.3 Å². The second-order valence-electron chi connectivity index (χ2n) is 6.62. The molecule has 5 heteroatoms. The predicted molar refractivity (Wildman–Crippen MR) is 97.9 cm³/mol. The van der Waals surface area contributed by atoms with E-state index in [0.29, 0.717) is 12.7 Å². The number of nitrogens with zero attached hydrogens (tertiary/aromatic N) is 3. The first-order valence-corrected chi connectivity index (χ1v) is 8.94. The first-order valence-electron chi connectivity index (χ1n) is 8.94. The van der Waals surface area contributed by atoms with Crippen LogP contribution in [0.5, 0.6) is 5.75 Å². The standard InChI is InChI=1S/C20H27N3O2/c1-4-17-7-9-21-20(22-17)12-15-5-6-19(24-3)16(11-15)14-25-18-8-10-23(2)13-18/h5-7,9,11,18H,4,8,10,12-14H2,1-3H3. The van der Waals surface area contributed by atoms with Gasteiger partial charge in [0.1, 0.15) is 11.6 Å². The lowest BCUT2D eigenvalue weighted by atomic mass is 10.1. The van der Waals surface area contributed by atoms with Crippen LogP contribution in [0.2, 0.25) is 0 Å². The van der Waals surface area contributed by atoms with E-state index >= 15 is 0 Å². The average molecular weight is 341 g/mol. The third kappa shape index (κ3) is 4.77. The topological polar surface area (TPSA) is 47.5 Å². The summed E-state index contributed by atoms with van der Waals surface area (Å²) < 4.78 is 11.6. The Morgan fingerprint density at radius 3 is 2.88 bits per heavy atom. The maximum absolute atomic E-state index is 6.09. The van der Waals surface area contributed by atoms with Gasteiger partial charge in [-0.05, 0) is 43.7 Å². The molecule has 1 aromatic heterocycles. The molecular weight excluding hydrogens is 314 g/mol. The lowest BCUT2D eigenvalue weighted by Crippen LogP contribution is -2.19. The molecule has 0 radical (unpaired) electrons. The molecule has 0 saturated carbocycles. The molecule has 0 aliphatic carbocycles. The van der Waals surface area contributed by atoms with Crippen LogP contribution in [-0.2, 0) is 24.2 Å². The number of benzene rings is 1. The summed E-state index contributed by atoms with van der Waals surface area (Å²) in [5.41, 5.74) is 3.34. The summed E-state index contributed by atoms with van der Waals surface area (Å²) in [5, 5.41) is 0. The van der Waals surface area contributed by atoms with Crippen LogP contribution < -0.4 is 4.74 Å². The summed E-state index contributed by atoms with van der Waals surface area (Å²) in [4.78, 5) is 11.3. The average Bonchev–Trinajstić information content (AvgIpc) is 3.05. The third-order valence-electron chi connectivity index (χ3n) is 4.66. The van der Waals surface area contributed by atoms with Gasteiger partial charge in [0, 0.05) is 37.0 Å². The number of methoxy groups -OCH3 is 1. The van der Waals surface area contributed by atoms with Gasteiger partial charge in [-0.25, -0.2) is 9.97 Å². The zero-order chi connectivity index (χ0) is 17.6. The number of hydrogen-bond donors (Lipinski definition) is 0. The van der Waals surface area contributed by atoms with Crippen molar-refractivity contribution < 1.29 is 9.47 Å². The van der Waals surface area contributed by atoms with Gasteiger partial charge in [0.25, 0.3) is 0 Å². The van der Waals surface area contributed by atoms with Gasteiger partial charge in [0.05, 0.1) is 19.8 Å². The number of aromatic nitrogens is 2. The lowest BCUT2D eigenvalue weighted by Gasteiger charge is -2.15. The van der Waals surface area contributed by atoms with Crippen molar-refractivity contribution in [3.63, 3.8) is 0 Å². The maximum atomic E-state index is 6.09. The van der Waals surface area contributed by atoms with Gasteiger partial charge in [-0.15, -0.1) is 0 Å². The van der Waals surface area contributed by atoms with Crippen LogP contribution in [0.3, 0.4) is 0 Å². The number of rotatable bonds is 7. The normalized spacial score (nSPS) is 17.8. The second kappa shape index (κ2) is 8.41. The van der Waals surface area contributed by atoms with Crippen molar-refractivity contribution in [2.24, 2.45) is 0 Å². The van der Waals surface area contributed by atoms with E-state index in [1.54, 1.807) is 7.11 Å². The molecule has 2 heterocycles. The van der Waals surface area contributed by atoms with Crippen molar-refractivity contribution in [2.75, 3.05) is 27.2 Å². The van der Waals surface area contributed by atoms with E-state index in [1.165, 1.54) is 5.56 Å². The quantitative estimate of drug-likeness (QED) is 0.775. The molecule has 0 amide bonds. The molecular formula is C20H27N3O2. The van der Waals surface area contributed by atoms with Gasteiger partial charge < -0.3 is 14.4 Å². The molecule has 1 saturated heterocycles. The molecule has 5 nitrogen and oxygen atoms in total. The fourth-order valence-corrected chi connectivity index (χ4v) is 3.20. The monoisotopic (exact) mass is 341 g/mol. The summed E-state index contributed by atoms with van der Waals surface area (Å²) >= 11 is 0. The minimum atomic E-state index is 0.308. The van der Waals surface area contributed by atoms with E-state index in [2.05, 4.69) is 41.0 Å². The van der Waals surface area contributed by atoms with Crippen LogP contribution in [0.15, 0.2) is 30.5 Å². The van der Waals surface area contributed by atoms with Crippen molar-refractivity contribution in [1.29, 1.82) is 0 Å². The van der Waals surface area contributed by atoms with E-state index in [4.69, 9.17) is 9.47 Å².